The molecule has 1 aliphatic carbocycles. The Kier molecular flexibility index (Phi) is 4.94. The van der Waals surface area contributed by atoms with Gasteiger partial charge in [0, 0.05) is 42.5 Å². The van der Waals surface area contributed by atoms with Crippen LogP contribution in [-0.2, 0) is 24.1 Å². The van der Waals surface area contributed by atoms with Gasteiger partial charge >= 0.3 is 0 Å². The number of hydrogen-bond acceptors (Lipinski definition) is 4. The molecule has 1 aromatic carbocycles. The van der Waals surface area contributed by atoms with Gasteiger partial charge in [-0.1, -0.05) is 18.2 Å². The zero-order valence-corrected chi connectivity index (χ0v) is 16.5. The zero-order valence-electron chi connectivity index (χ0n) is 16.5. The molecule has 0 atom stereocenters. The summed E-state index contributed by atoms with van der Waals surface area (Å²) in [7, 11) is 0. The highest BCUT2D eigenvalue weighted by Crippen LogP contribution is 2.30. The number of nitrogens with zero attached hydrogens (tertiary/aromatic N) is 2. The lowest BCUT2D eigenvalue weighted by Crippen LogP contribution is -2.37. The Morgan fingerprint density at radius 3 is 2.90 bits per heavy atom. The Balaban J connectivity index is 1.37. The number of aromatic nitrogens is 2. The standard InChI is InChI=1S/C23H26N4O2/c28-23(19-8-3-7-18-17-6-1-2-9-20(17)26-21(18)19)25-15-16-5-4-10-24-22(16)27-11-13-29-14-12-27/h3-5,7-8,10,26H,1-2,6,9,11-15H2,(H,25,28). The van der Waals surface area contributed by atoms with Crippen LogP contribution in [0.3, 0.4) is 0 Å². The third-order valence-electron chi connectivity index (χ3n) is 6.00. The lowest BCUT2D eigenvalue weighted by molar-refractivity contribution is 0.0952. The summed E-state index contributed by atoms with van der Waals surface area (Å²) in [5, 5.41) is 4.31. The lowest BCUT2D eigenvalue weighted by Gasteiger charge is -2.29. The predicted molar refractivity (Wildman–Crippen MR) is 113 cm³/mol. The molecule has 29 heavy (non-hydrogen) atoms. The largest absolute Gasteiger partial charge is 0.378 e. The highest BCUT2D eigenvalue weighted by atomic mass is 16.5. The van der Waals surface area contributed by atoms with Gasteiger partial charge in [0.1, 0.15) is 5.82 Å². The summed E-state index contributed by atoms with van der Waals surface area (Å²) in [5.41, 5.74) is 5.40. The fourth-order valence-corrected chi connectivity index (χ4v) is 4.52. The third-order valence-corrected chi connectivity index (χ3v) is 6.00. The number of fused-ring (bicyclic) bond motifs is 3. The number of amides is 1. The van der Waals surface area contributed by atoms with E-state index in [9.17, 15) is 4.79 Å². The molecule has 0 radical (unpaired) electrons. The number of aryl methyl sites for hydroxylation is 2. The molecular weight excluding hydrogens is 364 g/mol. The number of nitrogens with one attached hydrogen (secondary N) is 2. The van der Waals surface area contributed by atoms with Gasteiger partial charge in [0.2, 0.25) is 0 Å². The van der Waals surface area contributed by atoms with Crippen molar-refractivity contribution < 1.29 is 9.53 Å². The molecule has 6 heteroatoms. The van der Waals surface area contributed by atoms with Crippen LogP contribution in [0, 0.1) is 0 Å². The van der Waals surface area contributed by atoms with Crippen LogP contribution in [0.5, 0.6) is 0 Å². The molecule has 3 aromatic rings. The summed E-state index contributed by atoms with van der Waals surface area (Å²) in [5.74, 6) is 0.885. The normalized spacial score (nSPS) is 16.6. The molecular formula is C23H26N4O2. The molecule has 0 saturated carbocycles. The lowest BCUT2D eigenvalue weighted by atomic mass is 9.95. The van der Waals surface area contributed by atoms with Crippen LogP contribution in [0.4, 0.5) is 5.82 Å². The summed E-state index contributed by atoms with van der Waals surface area (Å²) < 4.78 is 5.45. The molecule has 0 spiro atoms. The number of benzene rings is 1. The molecule has 2 aliphatic rings. The van der Waals surface area contributed by atoms with E-state index in [-0.39, 0.29) is 5.91 Å². The van der Waals surface area contributed by atoms with E-state index in [1.807, 2.05) is 24.3 Å². The SMILES string of the molecule is O=C(NCc1cccnc1N1CCOCC1)c1cccc2c3c([nH]c12)CCCC3. The van der Waals surface area contributed by atoms with E-state index in [2.05, 4.69) is 26.3 Å². The maximum absolute atomic E-state index is 13.0. The quantitative estimate of drug-likeness (QED) is 0.718. The number of rotatable bonds is 4. The van der Waals surface area contributed by atoms with Crippen molar-refractivity contribution in [3.05, 3.63) is 58.9 Å². The van der Waals surface area contributed by atoms with Crippen LogP contribution >= 0.6 is 0 Å². The van der Waals surface area contributed by atoms with Crippen LogP contribution in [-0.4, -0.2) is 42.2 Å². The average Bonchev–Trinajstić information content (AvgIpc) is 3.17. The van der Waals surface area contributed by atoms with E-state index < -0.39 is 0 Å². The Morgan fingerprint density at radius 1 is 1.14 bits per heavy atom. The van der Waals surface area contributed by atoms with Crippen molar-refractivity contribution in [1.29, 1.82) is 0 Å². The average molecular weight is 390 g/mol. The van der Waals surface area contributed by atoms with Gasteiger partial charge in [-0.05, 0) is 43.4 Å². The number of ether oxygens (including phenoxy) is 1. The molecule has 0 unspecified atom stereocenters. The van der Waals surface area contributed by atoms with E-state index in [4.69, 9.17) is 4.74 Å². The number of aromatic amines is 1. The van der Waals surface area contributed by atoms with Crippen molar-refractivity contribution in [2.75, 3.05) is 31.2 Å². The number of morpholine rings is 1. The van der Waals surface area contributed by atoms with E-state index in [1.165, 1.54) is 29.5 Å². The van der Waals surface area contributed by atoms with Crippen molar-refractivity contribution in [2.45, 2.75) is 32.2 Å². The first kappa shape index (κ1) is 18.2. The number of pyridine rings is 1. The van der Waals surface area contributed by atoms with Crippen LogP contribution < -0.4 is 10.2 Å². The first-order valence-electron chi connectivity index (χ1n) is 10.5. The van der Waals surface area contributed by atoms with Gasteiger partial charge in [0.05, 0.1) is 24.3 Å². The first-order chi connectivity index (χ1) is 14.3. The zero-order chi connectivity index (χ0) is 19.6. The first-order valence-corrected chi connectivity index (χ1v) is 10.5. The number of carbonyl (C=O) groups excluding carboxylic acids is 1. The van der Waals surface area contributed by atoms with Crippen LogP contribution in [0.1, 0.15) is 40.0 Å². The van der Waals surface area contributed by atoms with E-state index in [1.54, 1.807) is 6.20 Å². The minimum absolute atomic E-state index is 0.0500. The number of anilines is 1. The van der Waals surface area contributed by atoms with E-state index in [0.29, 0.717) is 25.3 Å². The smallest absolute Gasteiger partial charge is 0.253 e. The maximum atomic E-state index is 13.0. The topological polar surface area (TPSA) is 70.2 Å². The Labute approximate surface area is 170 Å². The molecule has 1 amide bonds. The fourth-order valence-electron chi connectivity index (χ4n) is 4.52. The molecule has 150 valence electrons. The van der Waals surface area contributed by atoms with Crippen LogP contribution in [0.2, 0.25) is 0 Å². The Hall–Kier alpha value is -2.86. The molecule has 1 saturated heterocycles. The van der Waals surface area contributed by atoms with Gasteiger partial charge < -0.3 is 19.9 Å². The summed E-state index contributed by atoms with van der Waals surface area (Å²) in [6.07, 6.45) is 6.41. The molecule has 1 fully saturated rings. The molecule has 2 N–H and O–H groups in total. The number of hydrogen-bond donors (Lipinski definition) is 2. The van der Waals surface area contributed by atoms with Crippen molar-refractivity contribution in [3.8, 4) is 0 Å². The molecule has 0 bridgehead atoms. The maximum Gasteiger partial charge on any atom is 0.253 e. The van der Waals surface area contributed by atoms with Gasteiger partial charge in [-0.2, -0.15) is 0 Å². The van der Waals surface area contributed by atoms with Gasteiger partial charge in [-0.3, -0.25) is 4.79 Å². The van der Waals surface area contributed by atoms with Crippen molar-refractivity contribution in [3.63, 3.8) is 0 Å². The third kappa shape index (κ3) is 3.49. The fraction of sp³-hybridized carbons (Fsp3) is 0.391. The second-order valence-electron chi connectivity index (χ2n) is 7.79. The number of carbonyl (C=O) groups is 1. The van der Waals surface area contributed by atoms with Crippen LogP contribution in [0.25, 0.3) is 10.9 Å². The summed E-state index contributed by atoms with van der Waals surface area (Å²) in [6, 6.07) is 9.98. The summed E-state index contributed by atoms with van der Waals surface area (Å²) in [6.45, 7) is 3.52. The second-order valence-corrected chi connectivity index (χ2v) is 7.79. The Morgan fingerprint density at radius 2 is 2.00 bits per heavy atom. The number of para-hydroxylation sites is 1. The minimum atomic E-state index is -0.0500. The van der Waals surface area contributed by atoms with Crippen molar-refractivity contribution in [1.82, 2.24) is 15.3 Å². The number of H-pyrrole nitrogens is 1. The van der Waals surface area contributed by atoms with Crippen LogP contribution in [0.15, 0.2) is 36.5 Å². The Bertz CT molecular complexity index is 1040. The molecule has 3 heterocycles. The second kappa shape index (κ2) is 7.87. The molecule has 2 aromatic heterocycles. The monoisotopic (exact) mass is 390 g/mol. The van der Waals surface area contributed by atoms with Gasteiger partial charge in [0.25, 0.3) is 5.91 Å². The van der Waals surface area contributed by atoms with Crippen molar-refractivity contribution in [2.24, 2.45) is 0 Å². The van der Waals surface area contributed by atoms with Gasteiger partial charge in [-0.25, -0.2) is 4.98 Å². The molecule has 6 nitrogen and oxygen atoms in total. The highest BCUT2D eigenvalue weighted by molar-refractivity contribution is 6.06. The van der Waals surface area contributed by atoms with E-state index in [0.717, 1.165) is 42.8 Å². The minimum Gasteiger partial charge on any atom is -0.378 e. The highest BCUT2D eigenvalue weighted by Gasteiger charge is 2.20. The molecule has 1 aliphatic heterocycles. The summed E-state index contributed by atoms with van der Waals surface area (Å²) in [4.78, 5) is 23.4. The summed E-state index contributed by atoms with van der Waals surface area (Å²) >= 11 is 0. The molecule has 5 rings (SSSR count). The van der Waals surface area contributed by atoms with E-state index >= 15 is 0 Å². The predicted octanol–water partition coefficient (Wildman–Crippen LogP) is 3.21. The van der Waals surface area contributed by atoms with Gasteiger partial charge in [-0.15, -0.1) is 0 Å². The van der Waals surface area contributed by atoms with Crippen molar-refractivity contribution >= 4 is 22.6 Å². The van der Waals surface area contributed by atoms with Gasteiger partial charge in [0.15, 0.2) is 0 Å².